The first-order chi connectivity index (χ1) is 16.7. The molecular weight excluding hydrogens is 453 g/mol. The second kappa shape index (κ2) is 7.39. The number of hydrogen-bond acceptors (Lipinski definition) is 6. The molecule has 0 amide bonds. The lowest BCUT2D eigenvalue weighted by atomic mass is 10.0. The van der Waals surface area contributed by atoms with E-state index in [1.807, 2.05) is 0 Å². The normalized spacial score (nSPS) is 12.8. The van der Waals surface area contributed by atoms with Crippen LogP contribution in [0.1, 0.15) is 22.3 Å². The molecule has 0 N–H and O–H groups in total. The molecule has 0 unspecified atom stereocenters. The number of halogens is 3. The van der Waals surface area contributed by atoms with E-state index in [-0.39, 0.29) is 10.7 Å². The second-order valence-corrected chi connectivity index (χ2v) is 7.91. The first-order valence-electron chi connectivity index (χ1n) is 10.1. The largest absolute Gasteiger partial charge is 0.417 e. The van der Waals surface area contributed by atoms with Gasteiger partial charge in [0.15, 0.2) is 0 Å². The van der Waals surface area contributed by atoms with Gasteiger partial charge in [-0.3, -0.25) is 0 Å². The van der Waals surface area contributed by atoms with Crippen LogP contribution in [0.5, 0.6) is 0 Å². The van der Waals surface area contributed by atoms with Crippen LogP contribution in [0.3, 0.4) is 0 Å². The topological polar surface area (TPSA) is 120 Å². The van der Waals surface area contributed by atoms with Gasteiger partial charge in [-0.2, -0.15) is 44.2 Å². The highest BCUT2D eigenvalue weighted by atomic mass is 19.4. The summed E-state index contributed by atoms with van der Waals surface area (Å²) in [5.41, 5.74) is -0.597. The van der Waals surface area contributed by atoms with Crippen LogP contribution in [-0.4, -0.2) is 0 Å². The number of rotatable bonds is 0. The Morgan fingerprint density at radius 2 is 1.26 bits per heavy atom. The standard InChI is InChI=1S/C26H9F3N6/c1-12-4-18-15(5-13(12)8-30)17-6-16-14-2-3-22(26(27,28)29)21(9-31)23(14)25(35-11-33)20(16)7-19(17)24(18)34-10-32/h2-7H,1H3/b34-24+,35-25+. The molecule has 0 aliphatic heterocycles. The van der Waals surface area contributed by atoms with Crippen LogP contribution in [0, 0.1) is 52.5 Å². The number of nitrogens with zero attached hydrogens (tertiary/aromatic N) is 6. The van der Waals surface area contributed by atoms with Gasteiger partial charge in [0.05, 0.1) is 33.5 Å². The fourth-order valence-corrected chi connectivity index (χ4v) is 4.73. The van der Waals surface area contributed by atoms with E-state index in [1.54, 1.807) is 49.6 Å². The molecule has 6 nitrogen and oxygen atoms in total. The second-order valence-electron chi connectivity index (χ2n) is 7.91. The zero-order chi connectivity index (χ0) is 25.1. The van der Waals surface area contributed by atoms with E-state index in [0.717, 1.165) is 6.07 Å². The number of hydrogen-bond donors (Lipinski definition) is 0. The van der Waals surface area contributed by atoms with E-state index in [0.29, 0.717) is 54.2 Å². The van der Waals surface area contributed by atoms with E-state index in [4.69, 9.17) is 0 Å². The first kappa shape index (κ1) is 21.6. The highest BCUT2D eigenvalue weighted by Gasteiger charge is 2.35. The van der Waals surface area contributed by atoms with Crippen molar-refractivity contribution in [1.29, 1.82) is 21.0 Å². The smallest absolute Gasteiger partial charge is 0.192 e. The van der Waals surface area contributed by atoms with Crippen LogP contribution < -0.4 is 10.7 Å². The molecule has 0 saturated heterocycles. The Balaban J connectivity index is 2.11. The lowest BCUT2D eigenvalue weighted by Gasteiger charge is -2.09. The Labute approximate surface area is 194 Å². The SMILES string of the molecule is Cc1cc2/c(=N\C#N)c3cc4/c(=N\C#N)c5c(C#N)c(C(F)(F)F)ccc5c4cc3c2cc1C#N. The molecule has 0 bridgehead atoms. The van der Waals surface area contributed by atoms with Crippen LogP contribution >= 0.6 is 0 Å². The van der Waals surface area contributed by atoms with Crippen molar-refractivity contribution in [3.8, 4) is 24.5 Å². The van der Waals surface area contributed by atoms with E-state index in [1.165, 1.54) is 6.07 Å². The summed E-state index contributed by atoms with van der Waals surface area (Å²) in [6.07, 6.45) is -1.37. The van der Waals surface area contributed by atoms with Gasteiger partial charge >= 0.3 is 6.18 Å². The monoisotopic (exact) mass is 462 g/mol. The third-order valence-corrected chi connectivity index (χ3v) is 6.17. The van der Waals surface area contributed by atoms with Gasteiger partial charge in [-0.15, -0.1) is 0 Å². The summed E-state index contributed by atoms with van der Waals surface area (Å²) >= 11 is 0. The minimum absolute atomic E-state index is 0.0518. The third-order valence-electron chi connectivity index (χ3n) is 6.17. The number of benzene rings is 3. The van der Waals surface area contributed by atoms with Crippen molar-refractivity contribution in [3.63, 3.8) is 0 Å². The highest BCUT2D eigenvalue weighted by Crippen LogP contribution is 2.38. The van der Waals surface area contributed by atoms with Crippen molar-refractivity contribution in [2.45, 2.75) is 13.1 Å². The highest BCUT2D eigenvalue weighted by molar-refractivity contribution is 6.22. The van der Waals surface area contributed by atoms with Crippen LogP contribution in [0.2, 0.25) is 0 Å². The van der Waals surface area contributed by atoms with Crippen LogP contribution in [0.4, 0.5) is 13.2 Å². The van der Waals surface area contributed by atoms with Crippen LogP contribution in [-0.2, 0) is 6.18 Å². The van der Waals surface area contributed by atoms with Gasteiger partial charge in [0, 0.05) is 21.5 Å². The lowest BCUT2D eigenvalue weighted by molar-refractivity contribution is -0.137. The number of fused-ring (bicyclic) bond motifs is 6. The summed E-state index contributed by atoms with van der Waals surface area (Å²) in [7, 11) is 0. The predicted octanol–water partition coefficient (Wildman–Crippen LogP) is 5.01. The van der Waals surface area contributed by atoms with Gasteiger partial charge in [-0.25, -0.2) is 0 Å². The van der Waals surface area contributed by atoms with Gasteiger partial charge in [0.1, 0.15) is 6.07 Å². The van der Waals surface area contributed by atoms with E-state index >= 15 is 0 Å². The maximum atomic E-state index is 13.6. The fourth-order valence-electron chi connectivity index (χ4n) is 4.73. The molecule has 5 aromatic rings. The zero-order valence-electron chi connectivity index (χ0n) is 17.8. The Hall–Kier alpha value is -5.25. The van der Waals surface area contributed by atoms with Gasteiger partial charge in [0.2, 0.25) is 12.4 Å². The first-order valence-corrected chi connectivity index (χ1v) is 10.1. The molecule has 0 aliphatic carbocycles. The minimum Gasteiger partial charge on any atom is -0.192 e. The molecule has 9 heteroatoms. The Morgan fingerprint density at radius 1 is 0.686 bits per heavy atom. The predicted molar refractivity (Wildman–Crippen MR) is 120 cm³/mol. The molecule has 35 heavy (non-hydrogen) atoms. The van der Waals surface area contributed by atoms with Crippen molar-refractivity contribution < 1.29 is 13.2 Å². The summed E-state index contributed by atoms with van der Waals surface area (Å²) in [6.45, 7) is 1.77. The molecule has 5 aromatic carbocycles. The van der Waals surface area contributed by atoms with Gasteiger partial charge in [-0.05, 0) is 64.4 Å². The molecular formula is C26H9F3N6. The molecule has 0 saturated carbocycles. The van der Waals surface area contributed by atoms with Crippen LogP contribution in [0.25, 0.3) is 43.1 Å². The summed E-state index contributed by atoms with van der Waals surface area (Å²) in [6, 6.07) is 12.6. The van der Waals surface area contributed by atoms with Gasteiger partial charge in [-0.1, -0.05) is 6.07 Å². The molecule has 0 heterocycles. The summed E-state index contributed by atoms with van der Waals surface area (Å²) in [5.74, 6) is 0. The lowest BCUT2D eigenvalue weighted by Crippen LogP contribution is -2.10. The quantitative estimate of drug-likeness (QED) is 0.300. The average Bonchev–Trinajstić information content (AvgIpc) is 3.28. The van der Waals surface area contributed by atoms with Crippen LogP contribution in [0.15, 0.2) is 46.4 Å². The molecule has 0 aromatic heterocycles. The zero-order valence-corrected chi connectivity index (χ0v) is 17.8. The summed E-state index contributed by atoms with van der Waals surface area (Å²) in [4.78, 5) is 7.74. The Bertz CT molecular complexity index is 2050. The average molecular weight is 462 g/mol. The Kier molecular flexibility index (Phi) is 4.56. The molecule has 5 rings (SSSR count). The van der Waals surface area contributed by atoms with E-state index in [9.17, 15) is 34.2 Å². The van der Waals surface area contributed by atoms with Crippen molar-refractivity contribution in [2.24, 2.45) is 9.98 Å². The molecule has 0 aliphatic rings. The third kappa shape index (κ3) is 2.93. The van der Waals surface area contributed by atoms with Gasteiger partial charge in [0.25, 0.3) is 0 Å². The number of alkyl halides is 3. The molecule has 0 atom stereocenters. The summed E-state index contributed by atoms with van der Waals surface area (Å²) in [5, 5.41) is 41.6. The van der Waals surface area contributed by atoms with E-state index < -0.39 is 17.3 Å². The van der Waals surface area contributed by atoms with Gasteiger partial charge < -0.3 is 0 Å². The fraction of sp³-hybridized carbons (Fsp3) is 0.0769. The minimum atomic E-state index is -4.77. The van der Waals surface area contributed by atoms with Crippen molar-refractivity contribution in [3.05, 3.63) is 69.4 Å². The maximum absolute atomic E-state index is 13.6. The number of nitriles is 4. The Morgan fingerprint density at radius 3 is 1.89 bits per heavy atom. The number of aryl methyl sites for hydroxylation is 1. The summed E-state index contributed by atoms with van der Waals surface area (Å²) < 4.78 is 40.8. The molecule has 0 spiro atoms. The maximum Gasteiger partial charge on any atom is 0.417 e. The van der Waals surface area contributed by atoms with Crippen molar-refractivity contribution in [2.75, 3.05) is 0 Å². The molecule has 0 radical (unpaired) electrons. The van der Waals surface area contributed by atoms with E-state index in [2.05, 4.69) is 16.1 Å². The molecule has 164 valence electrons. The van der Waals surface area contributed by atoms with Crippen molar-refractivity contribution in [1.82, 2.24) is 0 Å². The molecule has 0 fully saturated rings. The van der Waals surface area contributed by atoms with Crippen molar-refractivity contribution >= 4 is 43.1 Å².